The summed E-state index contributed by atoms with van der Waals surface area (Å²) in [6.45, 7) is 0.122. The number of nitrogens with one attached hydrogen (secondary N) is 1. The van der Waals surface area contributed by atoms with Gasteiger partial charge in [-0.3, -0.25) is 4.79 Å². The highest BCUT2D eigenvalue weighted by atomic mass is 32.2. The molecule has 1 amide bonds. The number of amides is 1. The molecule has 6 nitrogen and oxygen atoms in total. The molecule has 0 fully saturated rings. The van der Waals surface area contributed by atoms with Crippen LogP contribution in [-0.4, -0.2) is 25.9 Å². The van der Waals surface area contributed by atoms with Crippen molar-refractivity contribution in [1.82, 2.24) is 4.72 Å². The first-order valence-electron chi connectivity index (χ1n) is 5.51. The minimum Gasteiger partial charge on any atom is -0.389 e. The first-order valence-corrected chi connectivity index (χ1v) is 7.40. The highest BCUT2D eigenvalue weighted by molar-refractivity contribution is 7.89. The van der Waals surface area contributed by atoms with Crippen LogP contribution in [0.15, 0.2) is 29.2 Å². The van der Waals surface area contributed by atoms with E-state index in [0.717, 1.165) is 0 Å². The number of thiocarbonyl (C=S) groups is 1. The predicted molar refractivity (Wildman–Crippen MR) is 75.9 cm³/mol. The molecule has 0 spiro atoms. The summed E-state index contributed by atoms with van der Waals surface area (Å²) in [5.74, 6) is -0.470. The lowest BCUT2D eigenvalue weighted by Crippen LogP contribution is -2.28. The lowest BCUT2D eigenvalue weighted by Gasteiger charge is -2.10. The van der Waals surface area contributed by atoms with Crippen molar-refractivity contribution in [2.75, 3.05) is 6.54 Å². The van der Waals surface area contributed by atoms with Crippen LogP contribution >= 0.6 is 12.2 Å². The van der Waals surface area contributed by atoms with E-state index < -0.39 is 15.9 Å². The number of nitrogens with two attached hydrogens (primary N) is 2. The Morgan fingerprint density at radius 3 is 2.47 bits per heavy atom. The van der Waals surface area contributed by atoms with Crippen LogP contribution in [0.1, 0.15) is 18.4 Å². The monoisotopic (exact) mass is 301 g/mol. The van der Waals surface area contributed by atoms with Crippen LogP contribution in [0.2, 0.25) is 0 Å². The number of hydrogen-bond donors (Lipinski definition) is 3. The van der Waals surface area contributed by atoms with Crippen molar-refractivity contribution in [3.63, 3.8) is 0 Å². The van der Waals surface area contributed by atoms with E-state index in [4.69, 9.17) is 23.7 Å². The first-order chi connectivity index (χ1) is 8.84. The van der Waals surface area contributed by atoms with Gasteiger partial charge < -0.3 is 11.5 Å². The molecule has 8 heteroatoms. The molecular weight excluding hydrogens is 286 g/mol. The van der Waals surface area contributed by atoms with Gasteiger partial charge in [0.1, 0.15) is 4.99 Å². The molecule has 0 bridgehead atoms. The Morgan fingerprint density at radius 1 is 1.26 bits per heavy atom. The third-order valence-corrected chi connectivity index (χ3v) is 4.07. The van der Waals surface area contributed by atoms with Crippen molar-refractivity contribution in [3.05, 3.63) is 29.8 Å². The second kappa shape index (κ2) is 6.60. The van der Waals surface area contributed by atoms with Gasteiger partial charge in [0.25, 0.3) is 0 Å². The molecule has 0 aliphatic carbocycles. The Hall–Kier alpha value is -1.51. The molecule has 19 heavy (non-hydrogen) atoms. The Kier molecular flexibility index (Phi) is 5.40. The lowest BCUT2D eigenvalue weighted by atomic mass is 10.2. The van der Waals surface area contributed by atoms with Crippen molar-refractivity contribution in [2.24, 2.45) is 11.5 Å². The molecule has 0 heterocycles. The summed E-state index contributed by atoms with van der Waals surface area (Å²) in [5, 5.41) is 0. The van der Waals surface area contributed by atoms with Crippen LogP contribution in [0.5, 0.6) is 0 Å². The number of carbonyl (C=O) groups excluding carboxylic acids is 1. The Labute approximate surface area is 117 Å². The van der Waals surface area contributed by atoms with Gasteiger partial charge in [-0.05, 0) is 12.5 Å². The molecule has 1 aromatic carbocycles. The zero-order chi connectivity index (χ0) is 14.5. The average molecular weight is 301 g/mol. The smallest absolute Gasteiger partial charge is 0.241 e. The van der Waals surface area contributed by atoms with Gasteiger partial charge in [0.15, 0.2) is 0 Å². The van der Waals surface area contributed by atoms with Crippen LogP contribution < -0.4 is 16.2 Å². The van der Waals surface area contributed by atoms with E-state index in [-0.39, 0.29) is 22.8 Å². The van der Waals surface area contributed by atoms with Crippen LogP contribution in [-0.2, 0) is 14.8 Å². The molecule has 0 saturated carbocycles. The van der Waals surface area contributed by atoms with Crippen LogP contribution in [0, 0.1) is 0 Å². The first kappa shape index (κ1) is 15.5. The van der Waals surface area contributed by atoms with E-state index in [0.29, 0.717) is 12.0 Å². The van der Waals surface area contributed by atoms with E-state index in [1.807, 2.05) is 0 Å². The van der Waals surface area contributed by atoms with E-state index in [1.54, 1.807) is 18.2 Å². The van der Waals surface area contributed by atoms with Gasteiger partial charge in [-0.1, -0.05) is 30.4 Å². The van der Waals surface area contributed by atoms with Crippen LogP contribution in [0.4, 0.5) is 0 Å². The molecule has 0 aliphatic heterocycles. The zero-order valence-corrected chi connectivity index (χ0v) is 11.8. The maximum absolute atomic E-state index is 12.1. The summed E-state index contributed by atoms with van der Waals surface area (Å²) in [5.41, 5.74) is 10.7. The number of rotatable bonds is 7. The van der Waals surface area contributed by atoms with Crippen molar-refractivity contribution in [3.8, 4) is 0 Å². The largest absolute Gasteiger partial charge is 0.389 e. The van der Waals surface area contributed by atoms with Gasteiger partial charge in [0.05, 0.1) is 4.90 Å². The van der Waals surface area contributed by atoms with Crippen molar-refractivity contribution < 1.29 is 13.2 Å². The SMILES string of the molecule is NC(=O)CCCNS(=O)(=O)c1ccccc1C(N)=S. The number of sulfonamides is 1. The topological polar surface area (TPSA) is 115 Å². The highest BCUT2D eigenvalue weighted by Crippen LogP contribution is 2.15. The zero-order valence-electron chi connectivity index (χ0n) is 10.1. The molecule has 1 aromatic rings. The fraction of sp³-hybridized carbons (Fsp3) is 0.273. The number of primary amides is 1. The summed E-state index contributed by atoms with van der Waals surface area (Å²) in [6, 6.07) is 6.20. The highest BCUT2D eigenvalue weighted by Gasteiger charge is 2.18. The van der Waals surface area contributed by atoms with Gasteiger partial charge in [-0.15, -0.1) is 0 Å². The van der Waals surface area contributed by atoms with Gasteiger partial charge in [-0.2, -0.15) is 0 Å². The fourth-order valence-corrected chi connectivity index (χ4v) is 2.99. The minimum absolute atomic E-state index is 0.0121. The molecule has 0 aromatic heterocycles. The molecular formula is C11H15N3O3S2. The van der Waals surface area contributed by atoms with Crippen LogP contribution in [0.3, 0.4) is 0 Å². The number of benzene rings is 1. The van der Waals surface area contributed by atoms with E-state index in [1.165, 1.54) is 6.07 Å². The second-order valence-electron chi connectivity index (χ2n) is 3.83. The summed E-state index contributed by atoms with van der Waals surface area (Å²) >= 11 is 4.81. The van der Waals surface area contributed by atoms with Gasteiger partial charge in [0, 0.05) is 18.5 Å². The normalized spacial score (nSPS) is 11.2. The number of carbonyl (C=O) groups is 1. The summed E-state index contributed by atoms with van der Waals surface area (Å²) in [4.78, 5) is 10.6. The Morgan fingerprint density at radius 2 is 1.89 bits per heavy atom. The van der Waals surface area contributed by atoms with Crippen molar-refractivity contribution >= 4 is 33.1 Å². The molecule has 0 aliphatic rings. The maximum atomic E-state index is 12.1. The Bertz CT molecular complexity index is 585. The standard InChI is InChI=1S/C11H15N3O3S2/c12-10(15)6-3-7-14-19(16,17)9-5-2-1-4-8(9)11(13)18/h1-2,4-5,14H,3,6-7H2,(H2,12,15)(H2,13,18). The average Bonchev–Trinajstić information content (AvgIpc) is 2.34. The van der Waals surface area contributed by atoms with E-state index in [2.05, 4.69) is 4.72 Å². The van der Waals surface area contributed by atoms with E-state index in [9.17, 15) is 13.2 Å². The second-order valence-corrected chi connectivity index (χ2v) is 6.00. The van der Waals surface area contributed by atoms with Gasteiger partial charge in [0.2, 0.25) is 15.9 Å². The molecule has 0 radical (unpaired) electrons. The third kappa shape index (κ3) is 4.58. The number of hydrogen-bond acceptors (Lipinski definition) is 4. The molecule has 1 rings (SSSR count). The quantitative estimate of drug-likeness (QED) is 0.479. The molecule has 0 saturated heterocycles. The van der Waals surface area contributed by atoms with E-state index >= 15 is 0 Å². The lowest BCUT2D eigenvalue weighted by molar-refractivity contribution is -0.118. The fourth-order valence-electron chi connectivity index (χ4n) is 1.45. The predicted octanol–water partition coefficient (Wildman–Crippen LogP) is -0.135. The summed E-state index contributed by atoms with van der Waals surface area (Å²) in [6.07, 6.45) is 0.462. The summed E-state index contributed by atoms with van der Waals surface area (Å²) < 4.78 is 26.5. The molecule has 0 atom stereocenters. The molecule has 104 valence electrons. The Balaban J connectivity index is 2.83. The van der Waals surface area contributed by atoms with Crippen molar-refractivity contribution in [1.29, 1.82) is 0 Å². The summed E-state index contributed by atoms with van der Waals surface area (Å²) in [7, 11) is -3.70. The minimum atomic E-state index is -3.70. The third-order valence-electron chi connectivity index (χ3n) is 2.33. The molecule has 5 N–H and O–H groups in total. The molecule has 0 unspecified atom stereocenters. The van der Waals surface area contributed by atoms with Gasteiger partial charge >= 0.3 is 0 Å². The van der Waals surface area contributed by atoms with Gasteiger partial charge in [-0.25, -0.2) is 13.1 Å². The van der Waals surface area contributed by atoms with Crippen LogP contribution in [0.25, 0.3) is 0 Å². The maximum Gasteiger partial charge on any atom is 0.241 e. The van der Waals surface area contributed by atoms with Crippen molar-refractivity contribution in [2.45, 2.75) is 17.7 Å².